The highest BCUT2D eigenvalue weighted by molar-refractivity contribution is 5.81. The highest BCUT2D eigenvalue weighted by atomic mass is 16.6. The first-order chi connectivity index (χ1) is 9.31. The van der Waals surface area contributed by atoms with Gasteiger partial charge in [-0.1, -0.05) is 0 Å². The number of hydrogen-bond donors (Lipinski definition) is 2. The summed E-state index contributed by atoms with van der Waals surface area (Å²) in [5.41, 5.74) is -0.584. The first kappa shape index (κ1) is 16.8. The van der Waals surface area contributed by atoms with Crippen molar-refractivity contribution in [2.24, 2.45) is 5.92 Å². The highest BCUT2D eigenvalue weighted by Gasteiger charge is 2.28. The van der Waals surface area contributed by atoms with E-state index in [1.165, 1.54) is 7.11 Å². The summed E-state index contributed by atoms with van der Waals surface area (Å²) in [5, 5.41) is 5.89. The summed E-state index contributed by atoms with van der Waals surface area (Å²) >= 11 is 0. The minimum Gasteiger partial charge on any atom is -0.467 e. The number of nitrogens with one attached hydrogen (secondary N) is 2. The van der Waals surface area contributed by atoms with Crippen LogP contribution in [0, 0.1) is 5.92 Å². The van der Waals surface area contributed by atoms with Gasteiger partial charge in [0.05, 0.1) is 7.11 Å². The van der Waals surface area contributed by atoms with Crippen molar-refractivity contribution in [3.63, 3.8) is 0 Å². The number of methoxy groups -OCH3 is 1. The van der Waals surface area contributed by atoms with Gasteiger partial charge in [0.25, 0.3) is 0 Å². The number of alkyl carbamates (subject to hydrolysis) is 1. The molecule has 116 valence electrons. The Kier molecular flexibility index (Phi) is 6.26. The van der Waals surface area contributed by atoms with Crippen molar-refractivity contribution in [2.45, 2.75) is 51.7 Å². The van der Waals surface area contributed by atoms with E-state index in [2.05, 4.69) is 10.6 Å². The maximum Gasteiger partial charge on any atom is 0.408 e. The fourth-order valence-corrected chi connectivity index (χ4v) is 2.26. The third kappa shape index (κ3) is 6.23. The fraction of sp³-hybridized carbons (Fsp3) is 0.857. The quantitative estimate of drug-likeness (QED) is 0.765. The zero-order valence-electron chi connectivity index (χ0n) is 12.8. The number of carbonyl (C=O) groups excluding carboxylic acids is 2. The van der Waals surface area contributed by atoms with Crippen LogP contribution in [0.2, 0.25) is 0 Å². The molecule has 1 atom stereocenters. The van der Waals surface area contributed by atoms with Crippen LogP contribution >= 0.6 is 0 Å². The Bertz CT molecular complexity index is 333. The molecule has 2 N–H and O–H groups in total. The second-order valence-electron chi connectivity index (χ2n) is 6.15. The summed E-state index contributed by atoms with van der Waals surface area (Å²) < 4.78 is 9.94. The van der Waals surface area contributed by atoms with E-state index in [4.69, 9.17) is 9.47 Å². The van der Waals surface area contributed by atoms with E-state index in [0.29, 0.717) is 12.3 Å². The lowest BCUT2D eigenvalue weighted by Gasteiger charge is -2.27. The molecule has 0 aliphatic carbocycles. The molecule has 0 bridgehead atoms. The van der Waals surface area contributed by atoms with Crippen LogP contribution in [0.4, 0.5) is 4.79 Å². The smallest absolute Gasteiger partial charge is 0.408 e. The molecule has 0 aromatic carbocycles. The monoisotopic (exact) mass is 286 g/mol. The van der Waals surface area contributed by atoms with E-state index in [0.717, 1.165) is 25.9 Å². The molecule has 1 amide bonds. The molecule has 0 aromatic rings. The van der Waals surface area contributed by atoms with Crippen LogP contribution in [0.15, 0.2) is 0 Å². The summed E-state index contributed by atoms with van der Waals surface area (Å²) in [5.74, 6) is -0.00956. The number of carbonyl (C=O) groups is 2. The molecule has 0 radical (unpaired) electrons. The molecule has 1 saturated heterocycles. The molecule has 6 heteroatoms. The number of esters is 1. The van der Waals surface area contributed by atoms with Crippen LogP contribution in [0.5, 0.6) is 0 Å². The van der Waals surface area contributed by atoms with E-state index in [9.17, 15) is 9.59 Å². The predicted molar refractivity (Wildman–Crippen MR) is 75.4 cm³/mol. The third-order valence-corrected chi connectivity index (χ3v) is 3.20. The van der Waals surface area contributed by atoms with E-state index in [1.54, 1.807) is 20.8 Å². The second kappa shape index (κ2) is 7.47. The summed E-state index contributed by atoms with van der Waals surface area (Å²) in [7, 11) is 1.33. The summed E-state index contributed by atoms with van der Waals surface area (Å²) in [6.45, 7) is 7.25. The van der Waals surface area contributed by atoms with Gasteiger partial charge in [0.2, 0.25) is 0 Å². The fourth-order valence-electron chi connectivity index (χ4n) is 2.26. The Morgan fingerprint density at radius 3 is 2.40 bits per heavy atom. The molecule has 0 unspecified atom stereocenters. The molecule has 0 saturated carbocycles. The normalized spacial score (nSPS) is 18.2. The number of piperidine rings is 1. The molecule has 1 fully saturated rings. The molecule has 20 heavy (non-hydrogen) atoms. The van der Waals surface area contributed by atoms with E-state index < -0.39 is 23.7 Å². The summed E-state index contributed by atoms with van der Waals surface area (Å²) in [6, 6.07) is -0.641. The minimum atomic E-state index is -0.641. The van der Waals surface area contributed by atoms with Crippen molar-refractivity contribution < 1.29 is 19.1 Å². The van der Waals surface area contributed by atoms with E-state index in [1.807, 2.05) is 0 Å². The van der Waals surface area contributed by atoms with Crippen LogP contribution < -0.4 is 10.6 Å². The van der Waals surface area contributed by atoms with E-state index >= 15 is 0 Å². The van der Waals surface area contributed by atoms with Crippen LogP contribution in [0.1, 0.15) is 40.0 Å². The van der Waals surface area contributed by atoms with Gasteiger partial charge in [-0.2, -0.15) is 0 Å². The average Bonchev–Trinajstić information content (AvgIpc) is 2.36. The van der Waals surface area contributed by atoms with Crippen LogP contribution in [-0.2, 0) is 14.3 Å². The van der Waals surface area contributed by atoms with Crippen molar-refractivity contribution in [1.82, 2.24) is 10.6 Å². The molecule has 0 spiro atoms. The van der Waals surface area contributed by atoms with Crippen molar-refractivity contribution in [1.29, 1.82) is 0 Å². The average molecular weight is 286 g/mol. The SMILES string of the molecule is COC(=O)[C@H](CC1CCNCC1)NC(=O)OC(C)(C)C. The number of hydrogen-bond acceptors (Lipinski definition) is 5. The first-order valence-corrected chi connectivity index (χ1v) is 7.10. The number of ether oxygens (including phenoxy) is 2. The molecule has 1 aliphatic heterocycles. The molecule has 1 aliphatic rings. The lowest BCUT2D eigenvalue weighted by atomic mass is 9.91. The molecular formula is C14H26N2O4. The van der Waals surface area contributed by atoms with Crippen molar-refractivity contribution in [3.8, 4) is 0 Å². The van der Waals surface area contributed by atoms with Gasteiger partial charge in [0, 0.05) is 0 Å². The zero-order chi connectivity index (χ0) is 15.2. The van der Waals surface area contributed by atoms with Crippen LogP contribution in [0.3, 0.4) is 0 Å². The van der Waals surface area contributed by atoms with Crippen molar-refractivity contribution in [2.75, 3.05) is 20.2 Å². The van der Waals surface area contributed by atoms with Crippen LogP contribution in [0.25, 0.3) is 0 Å². The summed E-state index contributed by atoms with van der Waals surface area (Å²) in [4.78, 5) is 23.6. The van der Waals surface area contributed by atoms with Gasteiger partial charge in [-0.3, -0.25) is 0 Å². The number of amides is 1. The second-order valence-corrected chi connectivity index (χ2v) is 6.15. The van der Waals surface area contributed by atoms with E-state index in [-0.39, 0.29) is 0 Å². The Hall–Kier alpha value is -1.30. The maximum atomic E-state index is 11.8. The standard InChI is InChI=1S/C14H26N2O4/c1-14(2,3)20-13(18)16-11(12(17)19-4)9-10-5-7-15-8-6-10/h10-11,15H,5-9H2,1-4H3,(H,16,18)/t11-/m0/s1. The lowest BCUT2D eigenvalue weighted by Crippen LogP contribution is -2.45. The largest absolute Gasteiger partial charge is 0.467 e. The Morgan fingerprint density at radius 1 is 1.30 bits per heavy atom. The van der Waals surface area contributed by atoms with Gasteiger partial charge >= 0.3 is 12.1 Å². The molecule has 1 heterocycles. The molecule has 6 nitrogen and oxygen atoms in total. The Labute approximate surface area is 120 Å². The molecule has 0 aromatic heterocycles. The van der Waals surface area contributed by atoms with Gasteiger partial charge in [-0.05, 0) is 59.0 Å². The van der Waals surface area contributed by atoms with Gasteiger partial charge in [0.15, 0.2) is 0 Å². The van der Waals surface area contributed by atoms with Gasteiger partial charge in [-0.15, -0.1) is 0 Å². The molecule has 1 rings (SSSR count). The maximum absolute atomic E-state index is 11.8. The lowest BCUT2D eigenvalue weighted by molar-refractivity contribution is -0.143. The van der Waals surface area contributed by atoms with Crippen molar-refractivity contribution in [3.05, 3.63) is 0 Å². The van der Waals surface area contributed by atoms with Crippen molar-refractivity contribution >= 4 is 12.1 Å². The summed E-state index contributed by atoms with van der Waals surface area (Å²) in [6.07, 6.45) is 2.02. The van der Waals surface area contributed by atoms with Gasteiger partial charge in [-0.25, -0.2) is 9.59 Å². The highest BCUT2D eigenvalue weighted by Crippen LogP contribution is 2.19. The third-order valence-electron chi connectivity index (χ3n) is 3.20. The Balaban J connectivity index is 2.55. The molecular weight excluding hydrogens is 260 g/mol. The predicted octanol–water partition coefficient (Wildman–Crippen LogP) is 1.44. The zero-order valence-corrected chi connectivity index (χ0v) is 12.8. The minimum absolute atomic E-state index is 0.412. The topological polar surface area (TPSA) is 76.7 Å². The first-order valence-electron chi connectivity index (χ1n) is 7.10. The van der Waals surface area contributed by atoms with Crippen LogP contribution in [-0.4, -0.2) is 43.9 Å². The van der Waals surface area contributed by atoms with Gasteiger partial charge in [0.1, 0.15) is 11.6 Å². The Morgan fingerprint density at radius 2 is 1.90 bits per heavy atom. The van der Waals surface area contributed by atoms with Gasteiger partial charge < -0.3 is 20.1 Å². The number of rotatable bonds is 4.